The number of alkyl halides is 9. The summed E-state index contributed by atoms with van der Waals surface area (Å²) in [7, 11) is 1.07. The molecule has 4 aromatic carbocycles. The minimum atomic E-state index is -5.06. The Labute approximate surface area is 255 Å². The molecule has 0 fully saturated rings. The smallest absolute Gasteiger partial charge is 0.416 e. The zero-order valence-corrected chi connectivity index (χ0v) is 23.4. The molecule has 0 aliphatic heterocycles. The number of phenolic OH excluding ortho intramolecular Hbond substituents is 1. The molecule has 0 spiro atoms. The molecule has 0 aliphatic carbocycles. The number of methoxy groups -OCH3 is 1. The van der Waals surface area contributed by atoms with Crippen molar-refractivity contribution in [1.29, 1.82) is 0 Å². The van der Waals surface area contributed by atoms with Crippen LogP contribution in [-0.4, -0.2) is 24.1 Å². The molecule has 0 bridgehead atoms. The standard InChI is InChI=1S/C32H22F9NO4/c1-46-28(44)16-26(18-7-5-17(6-8-18)21-12-23(31(36,37)38)15-24(13-21)32(39,40)41)42-29(45)25-14-20(9-10-27(25)43)19-3-2-4-22(11-19)30(33,34)35/h2-15,26,43H,16H2,1H3,(H,42,45). The third-order valence-corrected chi connectivity index (χ3v) is 6.90. The second kappa shape index (κ2) is 12.8. The molecule has 2 N–H and O–H groups in total. The number of hydrogen-bond donors (Lipinski definition) is 2. The molecule has 0 heterocycles. The van der Waals surface area contributed by atoms with Crippen LogP contribution >= 0.6 is 0 Å². The van der Waals surface area contributed by atoms with Gasteiger partial charge in [-0.05, 0) is 70.3 Å². The highest BCUT2D eigenvalue weighted by Gasteiger charge is 2.37. The minimum absolute atomic E-state index is 0.00274. The second-order valence-corrected chi connectivity index (χ2v) is 10.0. The summed E-state index contributed by atoms with van der Waals surface area (Å²) >= 11 is 0. The quantitative estimate of drug-likeness (QED) is 0.154. The SMILES string of the molecule is COC(=O)CC(NC(=O)c1cc(-c2cccc(C(F)(F)F)c2)ccc1O)c1ccc(-c2cc(C(F)(F)F)cc(C(F)(F)F)c2)cc1. The van der Waals surface area contributed by atoms with Gasteiger partial charge in [0, 0.05) is 0 Å². The van der Waals surface area contributed by atoms with Gasteiger partial charge in [-0.25, -0.2) is 0 Å². The number of rotatable bonds is 7. The predicted octanol–water partition coefficient (Wildman–Crippen LogP) is 8.82. The van der Waals surface area contributed by atoms with Crippen molar-refractivity contribution in [1.82, 2.24) is 5.32 Å². The van der Waals surface area contributed by atoms with E-state index < -0.39 is 70.9 Å². The second-order valence-electron chi connectivity index (χ2n) is 10.0. The summed E-state index contributed by atoms with van der Waals surface area (Å²) in [5.41, 5.74) is -4.30. The highest BCUT2D eigenvalue weighted by Crippen LogP contribution is 2.39. The van der Waals surface area contributed by atoms with Crippen LogP contribution in [-0.2, 0) is 28.1 Å². The van der Waals surface area contributed by atoms with E-state index in [2.05, 4.69) is 10.1 Å². The Kier molecular flexibility index (Phi) is 9.41. The monoisotopic (exact) mass is 655 g/mol. The van der Waals surface area contributed by atoms with Crippen LogP contribution in [0.15, 0.2) is 84.9 Å². The molecule has 0 radical (unpaired) electrons. The van der Waals surface area contributed by atoms with Gasteiger partial charge in [0.05, 0.1) is 41.8 Å². The molecule has 5 nitrogen and oxygen atoms in total. The largest absolute Gasteiger partial charge is 0.507 e. The first kappa shape index (κ1) is 33.9. The number of benzene rings is 4. The first-order valence-corrected chi connectivity index (χ1v) is 13.1. The summed E-state index contributed by atoms with van der Waals surface area (Å²) < 4.78 is 124. The average Bonchev–Trinajstić information content (AvgIpc) is 2.99. The Balaban J connectivity index is 1.66. The van der Waals surface area contributed by atoms with E-state index in [0.717, 1.165) is 31.4 Å². The fourth-order valence-corrected chi connectivity index (χ4v) is 4.54. The molecule has 0 aromatic heterocycles. The summed E-state index contributed by atoms with van der Waals surface area (Å²) in [5.74, 6) is -2.29. The third-order valence-electron chi connectivity index (χ3n) is 6.90. The van der Waals surface area contributed by atoms with Crippen LogP contribution in [0, 0.1) is 0 Å². The lowest BCUT2D eigenvalue weighted by atomic mass is 9.96. The Morgan fingerprint density at radius 2 is 1.20 bits per heavy atom. The van der Waals surface area contributed by atoms with Crippen molar-refractivity contribution in [2.24, 2.45) is 0 Å². The zero-order chi connectivity index (χ0) is 34.0. The Hall–Kier alpha value is -5.01. The highest BCUT2D eigenvalue weighted by molar-refractivity contribution is 5.98. The van der Waals surface area contributed by atoms with Gasteiger partial charge in [-0.2, -0.15) is 39.5 Å². The first-order valence-electron chi connectivity index (χ1n) is 13.1. The summed E-state index contributed by atoms with van der Waals surface area (Å²) in [6.07, 6.45) is -15.2. The van der Waals surface area contributed by atoms with Gasteiger partial charge in [-0.3, -0.25) is 9.59 Å². The molecule has 0 saturated carbocycles. The van der Waals surface area contributed by atoms with E-state index in [0.29, 0.717) is 12.1 Å². The molecule has 1 unspecified atom stereocenters. The predicted molar refractivity (Wildman–Crippen MR) is 147 cm³/mol. The summed E-state index contributed by atoms with van der Waals surface area (Å²) in [6, 6.07) is 12.7. The van der Waals surface area contributed by atoms with Crippen LogP contribution in [0.3, 0.4) is 0 Å². The van der Waals surface area contributed by atoms with E-state index in [1.54, 1.807) is 0 Å². The number of amides is 1. The van der Waals surface area contributed by atoms with Crippen molar-refractivity contribution in [3.8, 4) is 28.0 Å². The van der Waals surface area contributed by atoms with E-state index in [-0.39, 0.29) is 33.9 Å². The maximum atomic E-state index is 13.3. The van der Waals surface area contributed by atoms with Crippen LogP contribution in [0.4, 0.5) is 39.5 Å². The lowest BCUT2D eigenvalue weighted by Crippen LogP contribution is -2.30. The number of halogens is 9. The van der Waals surface area contributed by atoms with Crippen LogP contribution in [0.1, 0.15) is 45.1 Å². The van der Waals surface area contributed by atoms with Crippen LogP contribution in [0.5, 0.6) is 5.75 Å². The number of phenols is 1. The Morgan fingerprint density at radius 1 is 0.674 bits per heavy atom. The van der Waals surface area contributed by atoms with Crippen LogP contribution < -0.4 is 5.32 Å². The van der Waals surface area contributed by atoms with Crippen molar-refractivity contribution in [3.05, 3.63) is 113 Å². The molecule has 46 heavy (non-hydrogen) atoms. The maximum absolute atomic E-state index is 13.3. The molecule has 1 atom stereocenters. The van der Waals surface area contributed by atoms with Gasteiger partial charge in [0.15, 0.2) is 0 Å². The third kappa shape index (κ3) is 7.98. The Bertz CT molecular complexity index is 1710. The molecule has 1 amide bonds. The number of esters is 1. The topological polar surface area (TPSA) is 75.6 Å². The van der Waals surface area contributed by atoms with E-state index >= 15 is 0 Å². The van der Waals surface area contributed by atoms with Gasteiger partial charge in [0.25, 0.3) is 5.91 Å². The number of aromatic hydroxyl groups is 1. The van der Waals surface area contributed by atoms with Gasteiger partial charge in [-0.1, -0.05) is 42.5 Å². The van der Waals surface area contributed by atoms with E-state index in [9.17, 15) is 54.2 Å². The van der Waals surface area contributed by atoms with Crippen molar-refractivity contribution < 1.29 is 58.9 Å². The first-order chi connectivity index (χ1) is 21.4. The van der Waals surface area contributed by atoms with Crippen molar-refractivity contribution in [2.45, 2.75) is 31.0 Å². The molecule has 242 valence electrons. The van der Waals surface area contributed by atoms with Crippen molar-refractivity contribution in [2.75, 3.05) is 7.11 Å². The highest BCUT2D eigenvalue weighted by atomic mass is 19.4. The van der Waals surface area contributed by atoms with Crippen molar-refractivity contribution >= 4 is 11.9 Å². The van der Waals surface area contributed by atoms with Gasteiger partial charge in [0.1, 0.15) is 5.75 Å². The number of ether oxygens (including phenoxy) is 1. The van der Waals surface area contributed by atoms with Crippen LogP contribution in [0.25, 0.3) is 22.3 Å². The molecular weight excluding hydrogens is 633 g/mol. The number of hydrogen-bond acceptors (Lipinski definition) is 4. The number of nitrogens with one attached hydrogen (secondary N) is 1. The zero-order valence-electron chi connectivity index (χ0n) is 23.4. The fourth-order valence-electron chi connectivity index (χ4n) is 4.54. The number of carbonyl (C=O) groups excluding carboxylic acids is 2. The van der Waals surface area contributed by atoms with E-state index in [1.807, 2.05) is 0 Å². The molecule has 4 rings (SSSR count). The normalized spacial score (nSPS) is 12.8. The van der Waals surface area contributed by atoms with Gasteiger partial charge >= 0.3 is 24.5 Å². The Morgan fingerprint density at radius 3 is 1.74 bits per heavy atom. The summed E-state index contributed by atoms with van der Waals surface area (Å²) in [5, 5.41) is 12.9. The molecule has 14 heteroatoms. The molecule has 0 aliphatic rings. The van der Waals surface area contributed by atoms with Crippen LogP contribution in [0.2, 0.25) is 0 Å². The maximum Gasteiger partial charge on any atom is 0.416 e. The van der Waals surface area contributed by atoms with Crippen molar-refractivity contribution in [3.63, 3.8) is 0 Å². The molecular formula is C32H22F9NO4. The summed E-state index contributed by atoms with van der Waals surface area (Å²) in [4.78, 5) is 25.4. The minimum Gasteiger partial charge on any atom is -0.507 e. The summed E-state index contributed by atoms with van der Waals surface area (Å²) in [6.45, 7) is 0. The van der Waals surface area contributed by atoms with Gasteiger partial charge in [0.2, 0.25) is 0 Å². The van der Waals surface area contributed by atoms with E-state index in [1.165, 1.54) is 42.5 Å². The van der Waals surface area contributed by atoms with Gasteiger partial charge in [-0.15, -0.1) is 0 Å². The lowest BCUT2D eigenvalue weighted by Gasteiger charge is -2.20. The number of carbonyl (C=O) groups is 2. The molecule has 0 saturated heterocycles. The molecule has 4 aromatic rings. The fraction of sp³-hybridized carbons (Fsp3) is 0.188. The van der Waals surface area contributed by atoms with E-state index in [4.69, 9.17) is 0 Å². The average molecular weight is 656 g/mol. The van der Waals surface area contributed by atoms with Gasteiger partial charge < -0.3 is 15.2 Å². The lowest BCUT2D eigenvalue weighted by molar-refractivity contribution is -0.143.